The van der Waals surface area contributed by atoms with Gasteiger partial charge in [0.2, 0.25) is 5.79 Å². The summed E-state index contributed by atoms with van der Waals surface area (Å²) in [6.07, 6.45) is 16.3. The van der Waals surface area contributed by atoms with E-state index in [2.05, 4.69) is 50.1 Å². The second-order valence-electron chi connectivity index (χ2n) is 22.2. The van der Waals surface area contributed by atoms with Crippen LogP contribution >= 0.6 is 0 Å². The number of allylic oxidation sites excluding steroid dienone is 6. The molecule has 14 heteroatoms. The number of carbonyl (C=O) groups is 4. The quantitative estimate of drug-likeness (QED) is 0.0995. The number of esters is 1. The molecule has 3 fully saturated rings. The Morgan fingerprint density at radius 3 is 2.33 bits per heavy atom. The number of aliphatic hydroxyl groups is 3. The topological polar surface area (TPSA) is 198 Å². The summed E-state index contributed by atoms with van der Waals surface area (Å²) in [7, 11) is 5.11. The summed E-state index contributed by atoms with van der Waals surface area (Å²) < 4.78 is 24.1. The minimum Gasteiger partial charge on any atom is -0.461 e. The maximum atomic E-state index is 14.5. The molecule has 8 unspecified atom stereocenters. The number of rotatable bonds is 10. The number of aliphatic hydroxyl groups excluding tert-OH is 2. The molecular weight excluding hydrogens is 927 g/mol. The van der Waals surface area contributed by atoms with Gasteiger partial charge in [0.15, 0.2) is 5.78 Å². The van der Waals surface area contributed by atoms with Crippen LogP contribution in [0.2, 0.25) is 0 Å². The minimum atomic E-state index is -2.38. The van der Waals surface area contributed by atoms with Crippen LogP contribution in [0.5, 0.6) is 0 Å². The Bertz CT molecular complexity index is 2060. The number of para-hydroxylation sites is 1. The third kappa shape index (κ3) is 16.7. The number of carbonyl (C=O) groups excluding carboxylic acids is 4. The zero-order valence-corrected chi connectivity index (χ0v) is 45.5. The van der Waals surface area contributed by atoms with Gasteiger partial charge in [0.05, 0.1) is 18.3 Å². The van der Waals surface area contributed by atoms with Crippen LogP contribution < -0.4 is 10.6 Å². The smallest absolute Gasteiger partial charge is 0.329 e. The monoisotopic (exact) mass is 1020 g/mol. The van der Waals surface area contributed by atoms with Crippen LogP contribution in [0.4, 0.5) is 5.69 Å². The molecule has 1 aromatic rings. The van der Waals surface area contributed by atoms with E-state index in [4.69, 9.17) is 24.7 Å². The lowest BCUT2D eigenvalue weighted by molar-refractivity contribution is -0.264. The molecule has 2 saturated heterocycles. The van der Waals surface area contributed by atoms with Gasteiger partial charge in [0.25, 0.3) is 11.7 Å². The van der Waals surface area contributed by atoms with Crippen molar-refractivity contribution in [3.05, 3.63) is 77.9 Å². The molecule has 5 N–H and O–H groups in total. The summed E-state index contributed by atoms with van der Waals surface area (Å²) in [5.41, 5.74) is 9.45. The van der Waals surface area contributed by atoms with Crippen molar-refractivity contribution in [2.24, 2.45) is 41.2 Å². The van der Waals surface area contributed by atoms with Crippen LogP contribution in [0.25, 0.3) is 0 Å². The Labute approximate surface area is 436 Å². The van der Waals surface area contributed by atoms with Gasteiger partial charge in [-0.3, -0.25) is 14.4 Å². The molecule has 15 atom stereocenters. The van der Waals surface area contributed by atoms with E-state index < -0.39 is 77.9 Å². The predicted molar refractivity (Wildman–Crippen MR) is 285 cm³/mol. The predicted octanol–water partition coefficient (Wildman–Crippen LogP) is 8.21. The lowest BCUT2D eigenvalue weighted by Crippen LogP contribution is -2.60. The first-order valence-corrected chi connectivity index (χ1v) is 27.4. The molecule has 4 aliphatic rings. The Morgan fingerprint density at radius 2 is 1.62 bits per heavy atom. The number of anilines is 1. The molecule has 0 aromatic heterocycles. The molecule has 1 aromatic carbocycles. The molecule has 2 bridgehead atoms. The summed E-state index contributed by atoms with van der Waals surface area (Å²) in [5.74, 6) is -6.16. The fourth-order valence-corrected chi connectivity index (χ4v) is 11.7. The van der Waals surface area contributed by atoms with E-state index in [1.165, 1.54) is 12.0 Å². The highest BCUT2D eigenvalue weighted by Crippen LogP contribution is 2.39. The summed E-state index contributed by atoms with van der Waals surface area (Å²) in [6.45, 7) is 12.5. The van der Waals surface area contributed by atoms with Gasteiger partial charge in [-0.2, -0.15) is 0 Å². The Kier molecular flexibility index (Phi) is 23.6. The average Bonchev–Trinajstić information content (AvgIpc) is 3.38. The minimum absolute atomic E-state index is 0.0351. The summed E-state index contributed by atoms with van der Waals surface area (Å²) in [4.78, 5) is 60.9. The van der Waals surface area contributed by atoms with Gasteiger partial charge in [-0.05, 0) is 152 Å². The lowest BCUT2D eigenvalue weighted by Gasteiger charge is -2.43. The van der Waals surface area contributed by atoms with E-state index in [0.717, 1.165) is 37.1 Å². The molecule has 5 rings (SSSR count). The van der Waals surface area contributed by atoms with Crippen molar-refractivity contribution in [3.63, 3.8) is 0 Å². The van der Waals surface area contributed by atoms with E-state index in [1.54, 1.807) is 27.0 Å². The molecule has 408 valence electrons. The molecule has 73 heavy (non-hydrogen) atoms. The second-order valence-corrected chi connectivity index (χ2v) is 22.2. The molecular formula is C59H91N3O11. The number of hydrogen-bond acceptors (Lipinski definition) is 13. The van der Waals surface area contributed by atoms with Gasteiger partial charge in [-0.25, -0.2) is 4.79 Å². The van der Waals surface area contributed by atoms with E-state index in [-0.39, 0.29) is 42.1 Å². The first-order chi connectivity index (χ1) is 34.8. The Hall–Kier alpha value is -4.02. The highest BCUT2D eigenvalue weighted by Gasteiger charge is 2.53. The zero-order valence-electron chi connectivity index (χ0n) is 45.5. The molecule has 1 saturated carbocycles. The van der Waals surface area contributed by atoms with Crippen molar-refractivity contribution < 1.29 is 53.4 Å². The Morgan fingerprint density at radius 1 is 0.877 bits per heavy atom. The maximum Gasteiger partial charge on any atom is 0.329 e. The molecule has 0 radical (unpaired) electrons. The average molecular weight is 1020 g/mol. The number of amides is 1. The van der Waals surface area contributed by atoms with Crippen LogP contribution in [0.3, 0.4) is 0 Å². The molecule has 0 spiro atoms. The number of nitrogens with zero attached hydrogens (tertiary/aromatic N) is 2. The summed E-state index contributed by atoms with van der Waals surface area (Å²) in [6, 6.07) is 8.60. The van der Waals surface area contributed by atoms with Crippen LogP contribution in [-0.2, 0) is 38.1 Å². The van der Waals surface area contributed by atoms with Crippen molar-refractivity contribution in [2.45, 2.75) is 192 Å². The van der Waals surface area contributed by atoms with Gasteiger partial charge >= 0.3 is 5.97 Å². The molecule has 1 amide bonds. The van der Waals surface area contributed by atoms with Gasteiger partial charge in [0.1, 0.15) is 24.4 Å². The van der Waals surface area contributed by atoms with E-state index in [1.807, 2.05) is 50.3 Å². The summed E-state index contributed by atoms with van der Waals surface area (Å²) >= 11 is 0. The first-order valence-electron chi connectivity index (χ1n) is 27.4. The van der Waals surface area contributed by atoms with Crippen LogP contribution in [-0.4, -0.2) is 133 Å². The van der Waals surface area contributed by atoms with E-state index >= 15 is 0 Å². The van der Waals surface area contributed by atoms with Gasteiger partial charge in [-0.1, -0.05) is 87.9 Å². The van der Waals surface area contributed by atoms with Crippen LogP contribution in [0, 0.1) is 35.5 Å². The number of hydrogen-bond donors (Lipinski definition) is 4. The number of fused-ring (bicyclic) bond motifs is 3. The molecule has 3 aliphatic heterocycles. The number of piperidine rings is 1. The fraction of sp³-hybridized carbons (Fsp3) is 0.695. The van der Waals surface area contributed by atoms with Crippen molar-refractivity contribution in [1.29, 1.82) is 0 Å². The van der Waals surface area contributed by atoms with Crippen molar-refractivity contribution in [1.82, 2.24) is 4.90 Å². The van der Waals surface area contributed by atoms with Gasteiger partial charge in [0, 0.05) is 57.9 Å². The normalized spacial score (nSPS) is 37.2. The summed E-state index contributed by atoms with van der Waals surface area (Å²) in [5, 5.41) is 34.3. The number of cyclic esters (lactones) is 1. The van der Waals surface area contributed by atoms with Crippen molar-refractivity contribution in [3.8, 4) is 0 Å². The highest BCUT2D eigenvalue weighted by atomic mass is 16.6. The Balaban J connectivity index is 1.45. The second kappa shape index (κ2) is 28.8. The standard InChI is InChI=1S/C59H91N3O11/c1-38-19-12-10-13-20-39(2)45(21-18-31-61(7)47-22-14-11-15-23-47)37-48-28-25-43(6)59(69,73-48)56(66)57(67)62-32-17-16-24-49(62)58(68)72-51(40(3)34-44-26-29-50(63)52(36-44)70-8)30-27-46(60)35-42(5)54(65)55(71-9)53(64)41(4)33-38/h10-15,19-20,22-23,35,38,40-41,43-46,48-52,54-55,63,65,69H,16-18,21,24-34,36-37,60H2,1-9H3/b13-10+,19-12+,39-20+,42-35+/t38-,40-,41?,43?,44?,45?,46+,48+,49?,50-,51+,52?,54?,55+,59?/m1/s1. The number of nitrogens with two attached hydrogens (primary N) is 1. The van der Waals surface area contributed by atoms with Crippen molar-refractivity contribution in [2.75, 3.05) is 39.3 Å². The van der Waals surface area contributed by atoms with Crippen LogP contribution in [0.15, 0.2) is 77.9 Å². The molecule has 3 heterocycles. The number of ether oxygens (including phenoxy) is 4. The SMILES string of the molecule is COC1CC(C[C@@H](C)[C@@H]2CC[C@H](N)/C=C(\C)C(O)[C@@H](OC)C(=O)C(C)C[C@H](C)/C=C/C=C/C=C(\C)C(CCCN(C)c3ccccc3)C[C@@H]3CCC(C)C(O)(O3)C(=O)C(=O)N3CCCCC3C(=O)O2)CC[C@H]1O. The van der Waals surface area contributed by atoms with E-state index in [9.17, 15) is 34.5 Å². The number of methoxy groups -OCH3 is 2. The van der Waals surface area contributed by atoms with Gasteiger partial charge in [-0.15, -0.1) is 0 Å². The van der Waals surface area contributed by atoms with E-state index in [0.29, 0.717) is 82.6 Å². The number of ketones is 2. The van der Waals surface area contributed by atoms with Crippen molar-refractivity contribution >= 4 is 29.1 Å². The highest BCUT2D eigenvalue weighted by molar-refractivity contribution is 6.39. The largest absolute Gasteiger partial charge is 0.461 e. The number of benzene rings is 1. The third-order valence-electron chi connectivity index (χ3n) is 16.5. The lowest BCUT2D eigenvalue weighted by atomic mass is 9.78. The third-order valence-corrected chi connectivity index (χ3v) is 16.5. The maximum absolute atomic E-state index is 14.5. The number of Topliss-reactive ketones (excluding diaryl/α,β-unsaturated/α-hetero) is 2. The molecule has 1 aliphatic carbocycles. The van der Waals surface area contributed by atoms with Gasteiger partial charge < -0.3 is 49.8 Å². The first kappa shape index (κ1) is 59.9. The fourth-order valence-electron chi connectivity index (χ4n) is 11.7. The van der Waals surface area contributed by atoms with Crippen LogP contribution in [0.1, 0.15) is 138 Å². The molecule has 14 nitrogen and oxygen atoms in total. The zero-order chi connectivity index (χ0) is 53.4.